The Morgan fingerprint density at radius 2 is 1.83 bits per heavy atom. The van der Waals surface area contributed by atoms with Crippen molar-refractivity contribution >= 4 is 66.1 Å². The van der Waals surface area contributed by atoms with E-state index in [2.05, 4.69) is 31.9 Å². The van der Waals surface area contributed by atoms with Gasteiger partial charge in [-0.2, -0.15) is 0 Å². The van der Waals surface area contributed by atoms with Crippen LogP contribution in [0.1, 0.15) is 5.56 Å². The Bertz CT molecular complexity index is 236. The fourth-order valence-corrected chi connectivity index (χ4v) is 2.84. The highest BCUT2D eigenvalue weighted by Gasteiger charge is 2.15. The van der Waals surface area contributed by atoms with E-state index in [1.807, 2.05) is 22.6 Å². The second-order valence-electron chi connectivity index (χ2n) is 2.23. The van der Waals surface area contributed by atoms with Gasteiger partial charge < -0.3 is 5.11 Å². The Kier molecular flexibility index (Phi) is 3.71. The van der Waals surface area contributed by atoms with Crippen LogP contribution in [0.4, 0.5) is 0 Å². The normalized spacial score (nSPS) is 10.4. The van der Waals surface area contributed by atoms with Crippen molar-refractivity contribution in [2.24, 2.45) is 0 Å². The smallest absolute Gasteiger partial charge is 0.134 e. The molecule has 1 aromatic carbocycles. The summed E-state index contributed by atoms with van der Waals surface area (Å²) in [6, 6.07) is 0. The molecular formula is C7H4Br2ClIO. The van der Waals surface area contributed by atoms with Crippen molar-refractivity contribution < 1.29 is 5.11 Å². The van der Waals surface area contributed by atoms with E-state index in [9.17, 15) is 5.11 Å². The lowest BCUT2D eigenvalue weighted by Gasteiger charge is -2.08. The number of halogens is 4. The number of rotatable bonds is 0. The van der Waals surface area contributed by atoms with Gasteiger partial charge in [-0.05, 0) is 61.4 Å². The molecule has 1 N–H and O–H groups in total. The van der Waals surface area contributed by atoms with Gasteiger partial charge in [-0.25, -0.2) is 0 Å². The average molecular weight is 426 g/mol. The monoisotopic (exact) mass is 424 g/mol. The molecular weight excluding hydrogens is 422 g/mol. The molecule has 0 heterocycles. The number of hydrogen-bond donors (Lipinski definition) is 1. The van der Waals surface area contributed by atoms with E-state index < -0.39 is 0 Å². The number of phenolic OH excluding ortho intramolecular Hbond substituents is 1. The molecule has 66 valence electrons. The zero-order valence-corrected chi connectivity index (χ0v) is 12.0. The van der Waals surface area contributed by atoms with Crippen LogP contribution in [0.15, 0.2) is 8.95 Å². The van der Waals surface area contributed by atoms with Gasteiger partial charge in [0.2, 0.25) is 0 Å². The molecule has 0 bridgehead atoms. The molecule has 1 rings (SSSR count). The Labute approximate surface area is 106 Å². The molecule has 0 spiro atoms. The van der Waals surface area contributed by atoms with Gasteiger partial charge >= 0.3 is 0 Å². The molecule has 0 aliphatic rings. The first-order chi connectivity index (χ1) is 5.46. The van der Waals surface area contributed by atoms with Crippen LogP contribution in [0.25, 0.3) is 0 Å². The minimum atomic E-state index is 0.263. The van der Waals surface area contributed by atoms with Crippen molar-refractivity contribution in [1.29, 1.82) is 0 Å². The Balaban J connectivity index is 3.60. The van der Waals surface area contributed by atoms with Gasteiger partial charge in [0.15, 0.2) is 0 Å². The topological polar surface area (TPSA) is 20.2 Å². The van der Waals surface area contributed by atoms with Gasteiger partial charge in [0.1, 0.15) is 5.75 Å². The molecule has 0 saturated carbocycles. The maximum absolute atomic E-state index is 9.57. The summed E-state index contributed by atoms with van der Waals surface area (Å²) in [6.45, 7) is 1.81. The third kappa shape index (κ3) is 1.76. The fraction of sp³-hybridized carbons (Fsp3) is 0.143. The van der Waals surface area contributed by atoms with Crippen molar-refractivity contribution in [3.05, 3.63) is 23.1 Å². The van der Waals surface area contributed by atoms with Crippen LogP contribution in [-0.2, 0) is 0 Å². The predicted octanol–water partition coefficient (Wildman–Crippen LogP) is 4.48. The van der Waals surface area contributed by atoms with E-state index in [0.29, 0.717) is 5.02 Å². The summed E-state index contributed by atoms with van der Waals surface area (Å²) >= 11 is 14.6. The standard InChI is InChI=1S/C7H4Br2ClIO/c1-2-3(8)5(10)4(9)6(11)7(2)12/h12H,1H3. The maximum Gasteiger partial charge on any atom is 0.134 e. The van der Waals surface area contributed by atoms with Gasteiger partial charge in [-0.3, -0.25) is 0 Å². The molecule has 0 amide bonds. The van der Waals surface area contributed by atoms with E-state index in [-0.39, 0.29) is 5.75 Å². The molecule has 1 aromatic rings. The van der Waals surface area contributed by atoms with Crippen molar-refractivity contribution in [2.45, 2.75) is 6.92 Å². The molecule has 0 atom stereocenters. The number of benzene rings is 1. The van der Waals surface area contributed by atoms with E-state index in [1.54, 1.807) is 6.92 Å². The summed E-state index contributed by atoms with van der Waals surface area (Å²) in [6.07, 6.45) is 0. The van der Waals surface area contributed by atoms with Crippen LogP contribution in [0.2, 0.25) is 5.02 Å². The van der Waals surface area contributed by atoms with Gasteiger partial charge in [-0.1, -0.05) is 11.6 Å². The first kappa shape index (κ1) is 11.1. The lowest BCUT2D eigenvalue weighted by Crippen LogP contribution is -1.86. The number of hydrogen-bond acceptors (Lipinski definition) is 1. The lowest BCUT2D eigenvalue weighted by atomic mass is 10.2. The maximum atomic E-state index is 9.57. The van der Waals surface area contributed by atoms with Crippen LogP contribution in [0.5, 0.6) is 5.75 Å². The van der Waals surface area contributed by atoms with E-state index in [0.717, 1.165) is 18.1 Å². The summed E-state index contributed by atoms with van der Waals surface area (Å²) < 4.78 is 2.19. The molecule has 1 nitrogen and oxygen atoms in total. The molecule has 0 saturated heterocycles. The van der Waals surface area contributed by atoms with Crippen LogP contribution in [0, 0.1) is 10.5 Å². The average Bonchev–Trinajstić information content (AvgIpc) is 2.08. The second kappa shape index (κ2) is 4.02. The zero-order chi connectivity index (χ0) is 9.46. The van der Waals surface area contributed by atoms with Gasteiger partial charge in [0.05, 0.1) is 13.1 Å². The first-order valence-electron chi connectivity index (χ1n) is 2.98. The summed E-state index contributed by atoms with van der Waals surface area (Å²) in [5.74, 6) is 0.263. The van der Waals surface area contributed by atoms with Crippen LogP contribution in [0.3, 0.4) is 0 Å². The molecule has 0 radical (unpaired) electrons. The zero-order valence-electron chi connectivity index (χ0n) is 5.96. The van der Waals surface area contributed by atoms with Gasteiger partial charge in [0.25, 0.3) is 0 Å². The third-order valence-electron chi connectivity index (χ3n) is 1.47. The van der Waals surface area contributed by atoms with Crippen molar-refractivity contribution in [3.63, 3.8) is 0 Å². The highest BCUT2D eigenvalue weighted by atomic mass is 127. The van der Waals surface area contributed by atoms with Crippen LogP contribution < -0.4 is 0 Å². The summed E-state index contributed by atoms with van der Waals surface area (Å²) in [5.41, 5.74) is 0.757. The molecule has 0 unspecified atom stereocenters. The molecule has 0 fully saturated rings. The van der Waals surface area contributed by atoms with Crippen LogP contribution >= 0.6 is 66.1 Å². The summed E-state index contributed by atoms with van der Waals surface area (Å²) in [7, 11) is 0. The van der Waals surface area contributed by atoms with Gasteiger partial charge in [-0.15, -0.1) is 0 Å². The molecule has 0 aromatic heterocycles. The van der Waals surface area contributed by atoms with E-state index in [1.165, 1.54) is 0 Å². The fourth-order valence-electron chi connectivity index (χ4n) is 0.730. The Morgan fingerprint density at radius 1 is 1.33 bits per heavy atom. The molecule has 12 heavy (non-hydrogen) atoms. The number of phenols is 1. The molecule has 5 heteroatoms. The highest BCUT2D eigenvalue weighted by molar-refractivity contribution is 14.1. The molecule has 0 aliphatic carbocycles. The van der Waals surface area contributed by atoms with Crippen molar-refractivity contribution in [1.82, 2.24) is 0 Å². The third-order valence-corrected chi connectivity index (χ3v) is 5.88. The van der Waals surface area contributed by atoms with E-state index >= 15 is 0 Å². The minimum Gasteiger partial charge on any atom is -0.506 e. The largest absolute Gasteiger partial charge is 0.506 e. The first-order valence-corrected chi connectivity index (χ1v) is 6.02. The van der Waals surface area contributed by atoms with Gasteiger partial charge in [0, 0.05) is 10.0 Å². The lowest BCUT2D eigenvalue weighted by molar-refractivity contribution is 0.466. The summed E-state index contributed by atoms with van der Waals surface area (Å²) in [5, 5.41) is 10.2. The Hall–Kier alpha value is 1.000. The quantitative estimate of drug-likeness (QED) is 0.369. The molecule has 0 aliphatic heterocycles. The van der Waals surface area contributed by atoms with Crippen LogP contribution in [-0.4, -0.2) is 5.11 Å². The summed E-state index contributed by atoms with van der Waals surface area (Å²) in [4.78, 5) is 0. The number of aromatic hydroxyl groups is 1. The van der Waals surface area contributed by atoms with Crippen molar-refractivity contribution in [3.8, 4) is 5.75 Å². The van der Waals surface area contributed by atoms with Crippen molar-refractivity contribution in [2.75, 3.05) is 0 Å². The SMILES string of the molecule is Cc1c(O)c(I)c(Br)c(Cl)c1Br. The minimum absolute atomic E-state index is 0.263. The highest BCUT2D eigenvalue weighted by Crippen LogP contribution is 2.42. The second-order valence-corrected chi connectivity index (χ2v) is 5.27. The predicted molar refractivity (Wildman–Crippen MR) is 66.0 cm³/mol. The van der Waals surface area contributed by atoms with E-state index in [4.69, 9.17) is 11.6 Å². The Morgan fingerprint density at radius 3 is 2.33 bits per heavy atom.